The second-order valence-electron chi connectivity index (χ2n) is 4.76. The van der Waals surface area contributed by atoms with E-state index in [9.17, 15) is 4.79 Å². The van der Waals surface area contributed by atoms with Crippen molar-refractivity contribution in [1.29, 1.82) is 0 Å². The molecule has 104 valence electrons. The lowest BCUT2D eigenvalue weighted by Crippen LogP contribution is -2.42. The number of hydrogen-bond acceptors (Lipinski definition) is 3. The van der Waals surface area contributed by atoms with Gasteiger partial charge >= 0.3 is 0 Å². The summed E-state index contributed by atoms with van der Waals surface area (Å²) < 4.78 is 6.38. The van der Waals surface area contributed by atoms with Crippen molar-refractivity contribution in [3.8, 4) is 0 Å². The highest BCUT2D eigenvalue weighted by Gasteiger charge is 2.17. The average Bonchev–Trinajstić information content (AvgIpc) is 2.39. The molecule has 1 saturated heterocycles. The second-order valence-corrected chi connectivity index (χ2v) is 5.61. The Hall–Kier alpha value is -0.910. The molecule has 1 aliphatic rings. The van der Waals surface area contributed by atoms with Crippen LogP contribution in [0.25, 0.3) is 0 Å². The van der Waals surface area contributed by atoms with Gasteiger partial charge in [0.25, 0.3) is 0 Å². The monoisotopic (exact) mass is 326 g/mol. The van der Waals surface area contributed by atoms with Crippen LogP contribution in [0.1, 0.15) is 13.3 Å². The predicted molar refractivity (Wildman–Crippen MR) is 79.2 cm³/mol. The van der Waals surface area contributed by atoms with Crippen LogP contribution >= 0.6 is 15.9 Å². The molecular weight excluding hydrogens is 308 g/mol. The van der Waals surface area contributed by atoms with Crippen LogP contribution in [0.2, 0.25) is 0 Å². The van der Waals surface area contributed by atoms with Crippen LogP contribution in [-0.4, -0.2) is 43.2 Å². The average molecular weight is 327 g/mol. The smallest absolute Gasteiger partial charge is 0.225 e. The molecule has 0 radical (unpaired) electrons. The molecule has 1 unspecified atom stereocenters. The lowest BCUT2D eigenvalue weighted by Gasteiger charge is -2.30. The molecule has 1 aliphatic heterocycles. The zero-order valence-corrected chi connectivity index (χ0v) is 12.6. The fraction of sp³-hybridized carbons (Fsp3) is 0.500. The summed E-state index contributed by atoms with van der Waals surface area (Å²) in [5.74, 6) is 0.0473. The molecule has 1 atom stereocenters. The molecule has 1 fully saturated rings. The minimum atomic E-state index is 0.0473. The number of amides is 1. The van der Waals surface area contributed by atoms with E-state index >= 15 is 0 Å². The van der Waals surface area contributed by atoms with Crippen molar-refractivity contribution in [3.05, 3.63) is 28.7 Å². The maximum Gasteiger partial charge on any atom is 0.225 e. The molecule has 19 heavy (non-hydrogen) atoms. The minimum Gasteiger partial charge on any atom is -0.376 e. The number of rotatable bonds is 4. The zero-order chi connectivity index (χ0) is 13.7. The van der Waals surface area contributed by atoms with Crippen molar-refractivity contribution in [3.63, 3.8) is 0 Å². The van der Waals surface area contributed by atoms with E-state index in [1.165, 1.54) is 0 Å². The molecule has 1 heterocycles. The second kappa shape index (κ2) is 7.03. The van der Waals surface area contributed by atoms with Crippen molar-refractivity contribution in [2.24, 2.45) is 0 Å². The molecule has 0 aliphatic carbocycles. The number of hydrogen-bond donors (Lipinski definition) is 1. The van der Waals surface area contributed by atoms with Gasteiger partial charge in [-0.15, -0.1) is 0 Å². The Kier molecular flexibility index (Phi) is 5.36. The summed E-state index contributed by atoms with van der Waals surface area (Å²) in [4.78, 5) is 14.2. The van der Waals surface area contributed by atoms with E-state index in [1.807, 2.05) is 24.3 Å². The Morgan fingerprint density at radius 2 is 2.32 bits per heavy atom. The summed E-state index contributed by atoms with van der Waals surface area (Å²) in [6.45, 7) is 5.42. The molecule has 1 N–H and O–H groups in total. The Morgan fingerprint density at radius 1 is 1.53 bits per heavy atom. The van der Waals surface area contributed by atoms with Crippen LogP contribution in [-0.2, 0) is 9.53 Å². The van der Waals surface area contributed by atoms with E-state index in [0.29, 0.717) is 6.42 Å². The van der Waals surface area contributed by atoms with Crippen LogP contribution in [0, 0.1) is 0 Å². The van der Waals surface area contributed by atoms with Gasteiger partial charge in [-0.3, -0.25) is 9.69 Å². The standard InChI is InChI=1S/C14H19BrN2O2/c1-11-10-17(8-9-19-11)7-6-14(18)16-13-5-3-2-4-12(13)15/h2-5,11H,6-10H2,1H3,(H,16,18). The van der Waals surface area contributed by atoms with Crippen molar-refractivity contribution in [1.82, 2.24) is 4.90 Å². The first-order valence-corrected chi connectivity index (χ1v) is 7.33. The first-order valence-electron chi connectivity index (χ1n) is 6.53. The Morgan fingerprint density at radius 3 is 3.05 bits per heavy atom. The predicted octanol–water partition coefficient (Wildman–Crippen LogP) is 2.50. The third kappa shape index (κ3) is 4.60. The maximum absolute atomic E-state index is 11.9. The number of morpholine rings is 1. The largest absolute Gasteiger partial charge is 0.376 e. The van der Waals surface area contributed by atoms with Gasteiger partial charge in [0.1, 0.15) is 0 Å². The molecule has 0 bridgehead atoms. The van der Waals surface area contributed by atoms with Gasteiger partial charge in [0.2, 0.25) is 5.91 Å². The highest BCUT2D eigenvalue weighted by molar-refractivity contribution is 9.10. The molecule has 1 aromatic carbocycles. The quantitative estimate of drug-likeness (QED) is 0.924. The van der Waals surface area contributed by atoms with Crippen LogP contribution < -0.4 is 5.32 Å². The summed E-state index contributed by atoms with van der Waals surface area (Å²) in [5.41, 5.74) is 0.822. The lowest BCUT2D eigenvalue weighted by molar-refractivity contribution is -0.117. The number of nitrogens with zero attached hydrogens (tertiary/aromatic N) is 1. The Balaban J connectivity index is 1.77. The van der Waals surface area contributed by atoms with E-state index in [4.69, 9.17) is 4.74 Å². The summed E-state index contributed by atoms with van der Waals surface area (Å²) >= 11 is 3.42. The number of halogens is 1. The number of nitrogens with one attached hydrogen (secondary N) is 1. The van der Waals surface area contributed by atoms with Crippen molar-refractivity contribution in [2.75, 3.05) is 31.6 Å². The Labute approximate surface area is 122 Å². The van der Waals surface area contributed by atoms with Gasteiger partial charge in [0.05, 0.1) is 18.4 Å². The third-order valence-electron chi connectivity index (χ3n) is 3.13. The number of ether oxygens (including phenoxy) is 1. The van der Waals surface area contributed by atoms with Crippen LogP contribution in [0.5, 0.6) is 0 Å². The molecule has 0 saturated carbocycles. The number of para-hydroxylation sites is 1. The fourth-order valence-electron chi connectivity index (χ4n) is 2.13. The van der Waals surface area contributed by atoms with Crippen molar-refractivity contribution in [2.45, 2.75) is 19.4 Å². The highest BCUT2D eigenvalue weighted by Crippen LogP contribution is 2.21. The Bertz CT molecular complexity index is 439. The highest BCUT2D eigenvalue weighted by atomic mass is 79.9. The summed E-state index contributed by atoms with van der Waals surface area (Å²) in [5, 5.41) is 2.92. The fourth-order valence-corrected chi connectivity index (χ4v) is 2.51. The van der Waals surface area contributed by atoms with E-state index in [-0.39, 0.29) is 12.0 Å². The van der Waals surface area contributed by atoms with Gasteiger partial charge in [-0.2, -0.15) is 0 Å². The molecular formula is C14H19BrN2O2. The zero-order valence-electron chi connectivity index (χ0n) is 11.1. The SMILES string of the molecule is CC1CN(CCC(=O)Nc2ccccc2Br)CCO1. The molecule has 0 spiro atoms. The summed E-state index contributed by atoms with van der Waals surface area (Å²) in [6.07, 6.45) is 0.772. The minimum absolute atomic E-state index is 0.0473. The van der Waals surface area contributed by atoms with Crippen LogP contribution in [0.4, 0.5) is 5.69 Å². The molecule has 4 nitrogen and oxygen atoms in total. The van der Waals surface area contributed by atoms with Crippen LogP contribution in [0.3, 0.4) is 0 Å². The van der Waals surface area contributed by atoms with Crippen molar-refractivity contribution >= 4 is 27.5 Å². The molecule has 1 aromatic rings. The number of carbonyl (C=O) groups is 1. The maximum atomic E-state index is 11.9. The number of carbonyl (C=O) groups excluding carboxylic acids is 1. The summed E-state index contributed by atoms with van der Waals surface area (Å²) in [7, 11) is 0. The molecule has 5 heteroatoms. The third-order valence-corrected chi connectivity index (χ3v) is 3.82. The van der Waals surface area contributed by atoms with E-state index in [2.05, 4.69) is 33.1 Å². The van der Waals surface area contributed by atoms with Gasteiger partial charge in [0, 0.05) is 30.5 Å². The van der Waals surface area contributed by atoms with E-state index in [1.54, 1.807) is 0 Å². The van der Waals surface area contributed by atoms with Gasteiger partial charge in [0.15, 0.2) is 0 Å². The summed E-state index contributed by atoms with van der Waals surface area (Å²) in [6, 6.07) is 7.64. The topological polar surface area (TPSA) is 41.6 Å². The van der Waals surface area contributed by atoms with E-state index in [0.717, 1.165) is 36.4 Å². The normalized spacial score (nSPS) is 20.2. The first-order chi connectivity index (χ1) is 9.15. The van der Waals surface area contributed by atoms with E-state index < -0.39 is 0 Å². The molecule has 2 rings (SSSR count). The number of anilines is 1. The molecule has 1 amide bonds. The van der Waals surface area contributed by atoms with Gasteiger partial charge in [-0.25, -0.2) is 0 Å². The number of benzene rings is 1. The van der Waals surface area contributed by atoms with Gasteiger partial charge in [-0.05, 0) is 35.0 Å². The van der Waals surface area contributed by atoms with Gasteiger partial charge in [-0.1, -0.05) is 12.1 Å². The van der Waals surface area contributed by atoms with Crippen molar-refractivity contribution < 1.29 is 9.53 Å². The van der Waals surface area contributed by atoms with Crippen LogP contribution in [0.15, 0.2) is 28.7 Å². The van der Waals surface area contributed by atoms with Gasteiger partial charge < -0.3 is 10.1 Å². The first kappa shape index (κ1) is 14.5. The molecule has 0 aromatic heterocycles. The lowest BCUT2D eigenvalue weighted by atomic mass is 10.2.